The van der Waals surface area contributed by atoms with Crippen LogP contribution >= 0.6 is 0 Å². The van der Waals surface area contributed by atoms with Crippen molar-refractivity contribution in [3.63, 3.8) is 0 Å². The summed E-state index contributed by atoms with van der Waals surface area (Å²) in [7, 11) is 2.03. The SMILES string of the molecule is CO[C@@H]1C[C@H]2[C@@H]3CC[C@H]([C@H](C)CCCC(C)C)[C@@]3(C)CC[C@@H]2[C@@]2(C)CC[C@@H]3C[C@@]312. The van der Waals surface area contributed by atoms with Crippen LogP contribution in [0.3, 0.4) is 0 Å². The highest BCUT2D eigenvalue weighted by Gasteiger charge is 2.77. The Morgan fingerprint density at radius 2 is 1.72 bits per heavy atom. The lowest BCUT2D eigenvalue weighted by Gasteiger charge is -2.61. The Morgan fingerprint density at radius 1 is 0.931 bits per heavy atom. The maximum Gasteiger partial charge on any atom is 0.0638 e. The second kappa shape index (κ2) is 6.98. The Labute approximate surface area is 181 Å². The Morgan fingerprint density at radius 3 is 2.41 bits per heavy atom. The molecular weight excluding hydrogens is 352 g/mol. The summed E-state index contributed by atoms with van der Waals surface area (Å²) >= 11 is 0. The first-order valence-corrected chi connectivity index (χ1v) is 13.3. The molecule has 0 radical (unpaired) electrons. The van der Waals surface area contributed by atoms with Crippen molar-refractivity contribution in [3.8, 4) is 0 Å². The monoisotopic (exact) mass is 400 g/mol. The van der Waals surface area contributed by atoms with E-state index in [4.69, 9.17) is 4.74 Å². The van der Waals surface area contributed by atoms with Crippen LogP contribution in [-0.4, -0.2) is 13.2 Å². The van der Waals surface area contributed by atoms with Crippen LogP contribution < -0.4 is 0 Å². The van der Waals surface area contributed by atoms with Gasteiger partial charge in [-0.2, -0.15) is 0 Å². The molecule has 5 fully saturated rings. The molecule has 0 aromatic rings. The van der Waals surface area contributed by atoms with Crippen LogP contribution in [0.15, 0.2) is 0 Å². The largest absolute Gasteiger partial charge is 0.381 e. The van der Waals surface area contributed by atoms with Crippen LogP contribution in [-0.2, 0) is 4.74 Å². The molecule has 0 unspecified atom stereocenters. The van der Waals surface area contributed by atoms with E-state index in [0.717, 1.165) is 41.4 Å². The van der Waals surface area contributed by atoms with Gasteiger partial charge in [0.2, 0.25) is 0 Å². The van der Waals surface area contributed by atoms with Gasteiger partial charge in [0, 0.05) is 12.5 Å². The standard InChI is InChI=1S/C28H48O/c1-18(2)8-7-9-19(3)22-10-11-23-21-16-25(29-6)28-17-20(28)12-15-27(28,5)24(21)13-14-26(22,23)4/h18-25H,7-17H2,1-6H3/t19-,20-,21+,22-,23+,24+,25-,26-,27-,28-/m1/s1. The van der Waals surface area contributed by atoms with E-state index >= 15 is 0 Å². The Bertz CT molecular complexity index is 626. The third kappa shape index (κ3) is 2.74. The summed E-state index contributed by atoms with van der Waals surface area (Å²) in [6.45, 7) is 12.8. The summed E-state index contributed by atoms with van der Waals surface area (Å²) in [6, 6.07) is 0. The minimum Gasteiger partial charge on any atom is -0.381 e. The van der Waals surface area contributed by atoms with Gasteiger partial charge in [0.25, 0.3) is 0 Å². The van der Waals surface area contributed by atoms with Crippen molar-refractivity contribution < 1.29 is 4.74 Å². The van der Waals surface area contributed by atoms with Crippen molar-refractivity contribution in [1.82, 2.24) is 0 Å². The molecule has 1 spiro atoms. The van der Waals surface area contributed by atoms with E-state index in [1.165, 1.54) is 70.6 Å². The van der Waals surface area contributed by atoms with Gasteiger partial charge >= 0.3 is 0 Å². The maximum absolute atomic E-state index is 6.30. The zero-order valence-electron chi connectivity index (χ0n) is 20.3. The van der Waals surface area contributed by atoms with Gasteiger partial charge in [-0.25, -0.2) is 0 Å². The average Bonchev–Trinajstić information content (AvgIpc) is 3.18. The van der Waals surface area contributed by atoms with Crippen LogP contribution in [0, 0.1) is 57.7 Å². The highest BCUT2D eigenvalue weighted by Crippen LogP contribution is 2.82. The molecule has 0 amide bonds. The van der Waals surface area contributed by atoms with Crippen molar-refractivity contribution in [3.05, 3.63) is 0 Å². The number of hydrogen-bond donors (Lipinski definition) is 0. The fraction of sp³-hybridized carbons (Fsp3) is 1.00. The zero-order valence-corrected chi connectivity index (χ0v) is 20.3. The van der Waals surface area contributed by atoms with Crippen molar-refractivity contribution in [2.75, 3.05) is 7.11 Å². The average molecular weight is 401 g/mol. The lowest BCUT2D eigenvalue weighted by molar-refractivity contribution is -0.161. The van der Waals surface area contributed by atoms with Gasteiger partial charge in [-0.15, -0.1) is 0 Å². The van der Waals surface area contributed by atoms with Crippen molar-refractivity contribution >= 4 is 0 Å². The van der Waals surface area contributed by atoms with Crippen molar-refractivity contribution in [1.29, 1.82) is 0 Å². The summed E-state index contributed by atoms with van der Waals surface area (Å²) in [5.41, 5.74) is 1.78. The molecule has 0 bridgehead atoms. The maximum atomic E-state index is 6.30. The van der Waals surface area contributed by atoms with Crippen molar-refractivity contribution in [2.45, 2.75) is 111 Å². The lowest BCUT2D eigenvalue weighted by atomic mass is 9.45. The van der Waals surface area contributed by atoms with Gasteiger partial charge in [0.1, 0.15) is 0 Å². The molecular formula is C28H48O. The molecule has 166 valence electrons. The van der Waals surface area contributed by atoms with Crippen LogP contribution in [0.5, 0.6) is 0 Å². The highest BCUT2D eigenvalue weighted by molar-refractivity contribution is 5.26. The number of rotatable bonds is 6. The zero-order chi connectivity index (χ0) is 20.6. The Hall–Kier alpha value is -0.0400. The molecule has 5 saturated carbocycles. The topological polar surface area (TPSA) is 9.23 Å². The molecule has 0 aromatic carbocycles. The molecule has 0 aromatic heterocycles. The third-order valence-electron chi connectivity index (χ3n) is 12.0. The first kappa shape index (κ1) is 20.8. The van der Waals surface area contributed by atoms with Crippen molar-refractivity contribution in [2.24, 2.45) is 57.7 Å². The van der Waals surface area contributed by atoms with Crippen LogP contribution in [0.4, 0.5) is 0 Å². The molecule has 5 aliphatic carbocycles. The molecule has 0 aliphatic heterocycles. The summed E-state index contributed by atoms with van der Waals surface area (Å²) in [5, 5.41) is 0. The van der Waals surface area contributed by atoms with Gasteiger partial charge in [0.05, 0.1) is 6.10 Å². The Kier molecular flexibility index (Phi) is 5.02. The number of methoxy groups -OCH3 is 1. The highest BCUT2D eigenvalue weighted by atomic mass is 16.5. The van der Waals surface area contributed by atoms with E-state index in [0.29, 0.717) is 22.3 Å². The Balaban J connectivity index is 1.35. The first-order valence-electron chi connectivity index (χ1n) is 13.3. The van der Waals surface area contributed by atoms with Gasteiger partial charge in [-0.3, -0.25) is 0 Å². The van der Waals surface area contributed by atoms with Gasteiger partial charge in [0.15, 0.2) is 0 Å². The summed E-state index contributed by atoms with van der Waals surface area (Å²) in [5.74, 6) is 6.68. The fourth-order valence-electron chi connectivity index (χ4n) is 10.6. The molecule has 10 atom stereocenters. The van der Waals surface area contributed by atoms with E-state index < -0.39 is 0 Å². The quantitative estimate of drug-likeness (QED) is 0.443. The smallest absolute Gasteiger partial charge is 0.0638 e. The summed E-state index contributed by atoms with van der Waals surface area (Å²) in [4.78, 5) is 0. The molecule has 5 rings (SSSR count). The molecule has 0 saturated heterocycles. The van der Waals surface area contributed by atoms with Gasteiger partial charge < -0.3 is 4.74 Å². The third-order valence-corrected chi connectivity index (χ3v) is 12.0. The normalized spacial score (nSPS) is 53.9. The minimum absolute atomic E-state index is 0.561. The van der Waals surface area contributed by atoms with E-state index in [-0.39, 0.29) is 0 Å². The molecule has 1 nitrogen and oxygen atoms in total. The van der Waals surface area contributed by atoms with E-state index in [9.17, 15) is 0 Å². The predicted octanol–water partition coefficient (Wildman–Crippen LogP) is 7.73. The van der Waals surface area contributed by atoms with E-state index in [2.05, 4.69) is 34.6 Å². The molecule has 1 heteroatoms. The summed E-state index contributed by atoms with van der Waals surface area (Å²) < 4.78 is 6.30. The minimum atomic E-state index is 0.561. The van der Waals surface area contributed by atoms with Gasteiger partial charge in [-0.1, -0.05) is 53.9 Å². The number of fused-ring (bicyclic) bond motifs is 4. The van der Waals surface area contributed by atoms with Crippen LogP contribution in [0.25, 0.3) is 0 Å². The predicted molar refractivity (Wildman–Crippen MR) is 122 cm³/mol. The number of hydrogen-bond acceptors (Lipinski definition) is 1. The molecule has 29 heavy (non-hydrogen) atoms. The molecule has 0 heterocycles. The first-order chi connectivity index (χ1) is 13.8. The second-order valence-electron chi connectivity index (χ2n) is 13.3. The fourth-order valence-corrected chi connectivity index (χ4v) is 10.6. The summed E-state index contributed by atoms with van der Waals surface area (Å²) in [6.07, 6.45) is 16.8. The van der Waals surface area contributed by atoms with E-state index in [1.807, 2.05) is 7.11 Å². The van der Waals surface area contributed by atoms with Gasteiger partial charge in [-0.05, 0) is 104 Å². The second-order valence-corrected chi connectivity index (χ2v) is 13.3. The van der Waals surface area contributed by atoms with Crippen LogP contribution in [0.1, 0.15) is 105 Å². The molecule has 0 N–H and O–H groups in total. The molecule has 5 aliphatic rings. The van der Waals surface area contributed by atoms with Crippen LogP contribution in [0.2, 0.25) is 0 Å². The lowest BCUT2D eigenvalue weighted by Crippen LogP contribution is -2.57. The van der Waals surface area contributed by atoms with E-state index in [1.54, 1.807) is 0 Å². The number of ether oxygens (including phenoxy) is 1.